The van der Waals surface area contributed by atoms with E-state index in [2.05, 4.69) is 0 Å². The summed E-state index contributed by atoms with van der Waals surface area (Å²) < 4.78 is 5.19. The summed E-state index contributed by atoms with van der Waals surface area (Å²) in [5, 5.41) is 10.6. The van der Waals surface area contributed by atoms with Gasteiger partial charge in [0.05, 0.1) is 12.0 Å². The topological polar surface area (TPSA) is 69.4 Å². The fourth-order valence-electron chi connectivity index (χ4n) is 1.81. The number of rotatable bonds is 5. The van der Waals surface area contributed by atoms with Crippen LogP contribution in [0.25, 0.3) is 6.08 Å². The number of ketones is 1. The molecule has 0 spiro atoms. The molecule has 0 saturated heterocycles. The van der Waals surface area contributed by atoms with Gasteiger partial charge in [-0.05, 0) is 30.4 Å². The van der Waals surface area contributed by atoms with Crippen molar-refractivity contribution in [2.45, 2.75) is 0 Å². The molecule has 2 aromatic carbocycles. The molecule has 0 aliphatic carbocycles. The van der Waals surface area contributed by atoms with Gasteiger partial charge in [0.15, 0.2) is 5.78 Å². The van der Waals surface area contributed by atoms with E-state index in [0.29, 0.717) is 11.3 Å². The van der Waals surface area contributed by atoms with E-state index < -0.39 is 4.92 Å². The van der Waals surface area contributed by atoms with Crippen molar-refractivity contribution in [1.29, 1.82) is 0 Å². The molecule has 0 aromatic heterocycles. The summed E-state index contributed by atoms with van der Waals surface area (Å²) in [6.45, 7) is 0. The molecule has 0 aliphatic rings. The van der Waals surface area contributed by atoms with Gasteiger partial charge in [-0.3, -0.25) is 14.9 Å². The van der Waals surface area contributed by atoms with Crippen LogP contribution in [0.5, 0.6) is 5.75 Å². The smallest absolute Gasteiger partial charge is 0.269 e. The third-order valence-electron chi connectivity index (χ3n) is 2.92. The van der Waals surface area contributed by atoms with Crippen molar-refractivity contribution in [2.24, 2.45) is 0 Å². The largest absolute Gasteiger partial charge is 0.496 e. The minimum Gasteiger partial charge on any atom is -0.496 e. The first-order valence-electron chi connectivity index (χ1n) is 6.21. The average molecular weight is 283 g/mol. The summed E-state index contributed by atoms with van der Waals surface area (Å²) in [7, 11) is 1.56. The molecule has 0 bridgehead atoms. The first-order valence-corrected chi connectivity index (χ1v) is 6.21. The number of carbonyl (C=O) groups is 1. The molecular formula is C16H13NO4. The van der Waals surface area contributed by atoms with Crippen LogP contribution in [-0.4, -0.2) is 17.8 Å². The van der Waals surface area contributed by atoms with Gasteiger partial charge in [0, 0.05) is 23.3 Å². The maximum Gasteiger partial charge on any atom is 0.269 e. The second-order valence-corrected chi connectivity index (χ2v) is 4.24. The number of hydrogen-bond acceptors (Lipinski definition) is 4. The lowest BCUT2D eigenvalue weighted by atomic mass is 10.1. The summed E-state index contributed by atoms with van der Waals surface area (Å²) in [6.07, 6.45) is 3.07. The fraction of sp³-hybridized carbons (Fsp3) is 0.0625. The van der Waals surface area contributed by atoms with Gasteiger partial charge in [-0.25, -0.2) is 0 Å². The van der Waals surface area contributed by atoms with Gasteiger partial charge in [0.2, 0.25) is 0 Å². The molecule has 0 unspecified atom stereocenters. The van der Waals surface area contributed by atoms with E-state index in [1.165, 1.54) is 30.3 Å². The number of nitrogens with zero attached hydrogens (tertiary/aromatic N) is 1. The first kappa shape index (κ1) is 14.5. The van der Waals surface area contributed by atoms with Crippen LogP contribution in [-0.2, 0) is 0 Å². The maximum atomic E-state index is 12.0. The van der Waals surface area contributed by atoms with Crippen molar-refractivity contribution in [1.82, 2.24) is 0 Å². The monoisotopic (exact) mass is 283 g/mol. The highest BCUT2D eigenvalue weighted by atomic mass is 16.6. The number of para-hydroxylation sites is 1. The van der Waals surface area contributed by atoms with Crippen LogP contribution in [0.3, 0.4) is 0 Å². The molecule has 5 heteroatoms. The molecule has 0 aliphatic heterocycles. The van der Waals surface area contributed by atoms with Crippen molar-refractivity contribution in [2.75, 3.05) is 7.11 Å². The molecule has 0 heterocycles. The SMILES string of the molecule is COc1ccccc1/C=C/C(=O)c1ccc([N+](=O)[O-])cc1. The Labute approximate surface area is 121 Å². The van der Waals surface area contributed by atoms with Crippen molar-refractivity contribution < 1.29 is 14.5 Å². The van der Waals surface area contributed by atoms with Gasteiger partial charge < -0.3 is 4.74 Å². The Morgan fingerprint density at radius 3 is 2.43 bits per heavy atom. The molecule has 0 saturated carbocycles. The van der Waals surface area contributed by atoms with Crippen molar-refractivity contribution in [3.05, 3.63) is 75.8 Å². The number of benzene rings is 2. The summed E-state index contributed by atoms with van der Waals surface area (Å²) >= 11 is 0. The lowest BCUT2D eigenvalue weighted by Gasteiger charge is -2.03. The van der Waals surface area contributed by atoms with Crippen molar-refractivity contribution in [3.8, 4) is 5.75 Å². The Balaban J connectivity index is 2.17. The van der Waals surface area contributed by atoms with Gasteiger partial charge in [0.1, 0.15) is 5.75 Å². The van der Waals surface area contributed by atoms with Crippen LogP contribution in [0.15, 0.2) is 54.6 Å². The van der Waals surface area contributed by atoms with Gasteiger partial charge in [-0.2, -0.15) is 0 Å². The van der Waals surface area contributed by atoms with Crippen LogP contribution in [0.2, 0.25) is 0 Å². The summed E-state index contributed by atoms with van der Waals surface area (Å²) in [6, 6.07) is 12.8. The van der Waals surface area contributed by atoms with E-state index in [1.54, 1.807) is 19.3 Å². The van der Waals surface area contributed by atoms with E-state index in [9.17, 15) is 14.9 Å². The molecule has 0 radical (unpaired) electrons. The van der Waals surface area contributed by atoms with Gasteiger partial charge in [-0.15, -0.1) is 0 Å². The number of allylic oxidation sites excluding steroid dienone is 1. The predicted molar refractivity (Wildman–Crippen MR) is 79.5 cm³/mol. The summed E-state index contributed by atoms with van der Waals surface area (Å²) in [4.78, 5) is 22.1. The number of nitro benzene ring substituents is 1. The highest BCUT2D eigenvalue weighted by molar-refractivity contribution is 6.07. The third-order valence-corrected chi connectivity index (χ3v) is 2.92. The average Bonchev–Trinajstić information content (AvgIpc) is 2.52. The molecule has 0 fully saturated rings. The Kier molecular flexibility index (Phi) is 4.46. The highest BCUT2D eigenvalue weighted by Crippen LogP contribution is 2.19. The fourth-order valence-corrected chi connectivity index (χ4v) is 1.81. The zero-order chi connectivity index (χ0) is 15.2. The number of ether oxygens (including phenoxy) is 1. The molecule has 2 rings (SSSR count). The Hall–Kier alpha value is -2.95. The molecule has 5 nitrogen and oxygen atoms in total. The molecule has 0 N–H and O–H groups in total. The standard InChI is InChI=1S/C16H13NO4/c1-21-16-5-3-2-4-13(16)8-11-15(18)12-6-9-14(10-7-12)17(19)20/h2-11H,1H3/b11-8+. The molecule has 0 amide bonds. The quantitative estimate of drug-likeness (QED) is 0.364. The predicted octanol–water partition coefficient (Wildman–Crippen LogP) is 3.50. The number of non-ortho nitro benzene ring substituents is 1. The zero-order valence-electron chi connectivity index (χ0n) is 11.4. The molecule has 0 atom stereocenters. The third kappa shape index (κ3) is 3.54. The minimum atomic E-state index is -0.501. The van der Waals surface area contributed by atoms with Crippen LogP contribution in [0.4, 0.5) is 5.69 Å². The van der Waals surface area contributed by atoms with E-state index in [-0.39, 0.29) is 11.5 Å². The van der Waals surface area contributed by atoms with Gasteiger partial charge in [0.25, 0.3) is 5.69 Å². The van der Waals surface area contributed by atoms with Crippen molar-refractivity contribution >= 4 is 17.5 Å². The van der Waals surface area contributed by atoms with E-state index in [1.807, 2.05) is 18.2 Å². The number of nitro groups is 1. The Bertz CT molecular complexity index is 690. The van der Waals surface area contributed by atoms with E-state index in [4.69, 9.17) is 4.74 Å². The molecule has 106 valence electrons. The van der Waals surface area contributed by atoms with Crippen LogP contribution in [0, 0.1) is 10.1 Å². The summed E-state index contributed by atoms with van der Waals surface area (Å²) in [5.41, 5.74) is 1.14. The summed E-state index contributed by atoms with van der Waals surface area (Å²) in [5.74, 6) is 0.445. The number of carbonyl (C=O) groups excluding carboxylic acids is 1. The normalized spacial score (nSPS) is 10.5. The zero-order valence-corrected chi connectivity index (χ0v) is 11.4. The second-order valence-electron chi connectivity index (χ2n) is 4.24. The minimum absolute atomic E-state index is 0.0414. The highest BCUT2D eigenvalue weighted by Gasteiger charge is 2.07. The van der Waals surface area contributed by atoms with Gasteiger partial charge >= 0.3 is 0 Å². The van der Waals surface area contributed by atoms with Crippen LogP contribution < -0.4 is 4.74 Å². The lowest BCUT2D eigenvalue weighted by molar-refractivity contribution is -0.384. The number of hydrogen-bond donors (Lipinski definition) is 0. The Morgan fingerprint density at radius 1 is 1.14 bits per heavy atom. The van der Waals surface area contributed by atoms with Crippen LogP contribution in [0.1, 0.15) is 15.9 Å². The second kappa shape index (κ2) is 6.47. The first-order chi connectivity index (χ1) is 10.1. The van der Waals surface area contributed by atoms with Crippen molar-refractivity contribution in [3.63, 3.8) is 0 Å². The lowest BCUT2D eigenvalue weighted by Crippen LogP contribution is -1.95. The van der Waals surface area contributed by atoms with Gasteiger partial charge in [-0.1, -0.05) is 18.2 Å². The van der Waals surface area contributed by atoms with Crippen LogP contribution >= 0.6 is 0 Å². The molecule has 2 aromatic rings. The molecule has 21 heavy (non-hydrogen) atoms. The molecular weight excluding hydrogens is 270 g/mol. The maximum absolute atomic E-state index is 12.0. The Morgan fingerprint density at radius 2 is 1.81 bits per heavy atom. The van der Waals surface area contributed by atoms with E-state index in [0.717, 1.165) is 5.56 Å². The van der Waals surface area contributed by atoms with E-state index >= 15 is 0 Å². The number of methoxy groups -OCH3 is 1.